The van der Waals surface area contributed by atoms with Crippen molar-refractivity contribution in [2.75, 3.05) is 33.2 Å². The number of nitrogens with two attached hydrogens (primary N) is 1. The highest BCUT2D eigenvalue weighted by Crippen LogP contribution is 2.09. The molecule has 0 bridgehead atoms. The van der Waals surface area contributed by atoms with Crippen LogP contribution in [0.3, 0.4) is 0 Å². The predicted octanol–water partition coefficient (Wildman–Crippen LogP) is -1.19. The van der Waals surface area contributed by atoms with Crippen LogP contribution >= 0.6 is 0 Å². The zero-order valence-corrected chi connectivity index (χ0v) is 14.0. The zero-order chi connectivity index (χ0) is 17.5. The number of benzene rings is 1. The lowest BCUT2D eigenvalue weighted by Gasteiger charge is -2.17. The van der Waals surface area contributed by atoms with Gasteiger partial charge >= 0.3 is 0 Å². The van der Waals surface area contributed by atoms with E-state index in [4.69, 9.17) is 5.73 Å². The first-order valence-electron chi connectivity index (χ1n) is 7.03. The summed E-state index contributed by atoms with van der Waals surface area (Å²) in [6.07, 6.45) is 0. The van der Waals surface area contributed by atoms with Crippen LogP contribution in [0, 0.1) is 6.92 Å². The molecule has 0 saturated carbocycles. The lowest BCUT2D eigenvalue weighted by atomic mass is 10.2. The molecule has 8 nitrogen and oxygen atoms in total. The van der Waals surface area contributed by atoms with Gasteiger partial charge in [-0.2, -0.15) is 0 Å². The summed E-state index contributed by atoms with van der Waals surface area (Å²) < 4.78 is 26.6. The number of amides is 2. The summed E-state index contributed by atoms with van der Waals surface area (Å²) in [5, 5.41) is 2.36. The molecule has 0 fully saturated rings. The van der Waals surface area contributed by atoms with E-state index in [1.54, 1.807) is 12.1 Å². The summed E-state index contributed by atoms with van der Waals surface area (Å²) in [5.74, 6) is -0.756. The van der Waals surface area contributed by atoms with Crippen molar-refractivity contribution < 1.29 is 18.0 Å². The van der Waals surface area contributed by atoms with Gasteiger partial charge in [-0.05, 0) is 19.1 Å². The van der Waals surface area contributed by atoms with Crippen LogP contribution in [0.25, 0.3) is 0 Å². The van der Waals surface area contributed by atoms with Crippen molar-refractivity contribution in [2.24, 2.45) is 5.73 Å². The van der Waals surface area contributed by atoms with Crippen molar-refractivity contribution in [2.45, 2.75) is 11.8 Å². The van der Waals surface area contributed by atoms with E-state index in [9.17, 15) is 18.0 Å². The highest BCUT2D eigenvalue weighted by atomic mass is 32.2. The number of nitrogens with zero attached hydrogens (tertiary/aromatic N) is 1. The van der Waals surface area contributed by atoms with Crippen molar-refractivity contribution in [1.29, 1.82) is 0 Å². The summed E-state index contributed by atoms with van der Waals surface area (Å²) in [5.41, 5.74) is 6.08. The van der Waals surface area contributed by atoms with Gasteiger partial charge in [-0.15, -0.1) is 0 Å². The molecule has 9 heteroatoms. The van der Waals surface area contributed by atoms with Gasteiger partial charge in [0.1, 0.15) is 0 Å². The average molecular weight is 342 g/mol. The second kappa shape index (κ2) is 8.61. The van der Waals surface area contributed by atoms with Gasteiger partial charge in [-0.1, -0.05) is 17.7 Å². The maximum Gasteiger partial charge on any atom is 0.241 e. The van der Waals surface area contributed by atoms with Gasteiger partial charge in [0.2, 0.25) is 21.8 Å². The van der Waals surface area contributed by atoms with Gasteiger partial charge in [-0.25, -0.2) is 13.1 Å². The van der Waals surface area contributed by atoms with Crippen LogP contribution < -0.4 is 15.8 Å². The van der Waals surface area contributed by atoms with E-state index in [1.165, 1.54) is 24.1 Å². The Morgan fingerprint density at radius 3 is 2.39 bits per heavy atom. The van der Waals surface area contributed by atoms with E-state index in [-0.39, 0.29) is 37.0 Å². The maximum atomic E-state index is 12.1. The van der Waals surface area contributed by atoms with Crippen molar-refractivity contribution in [3.63, 3.8) is 0 Å². The number of carbonyl (C=O) groups is 2. The minimum Gasteiger partial charge on any atom is -0.346 e. The fourth-order valence-electron chi connectivity index (χ4n) is 1.65. The first-order valence-corrected chi connectivity index (χ1v) is 8.51. The first kappa shape index (κ1) is 19.1. The number of hydrogen-bond acceptors (Lipinski definition) is 5. The average Bonchev–Trinajstić information content (AvgIpc) is 2.52. The second-order valence-corrected chi connectivity index (χ2v) is 6.77. The molecule has 2 amide bonds. The summed E-state index contributed by atoms with van der Waals surface area (Å²) in [6.45, 7) is 1.77. The van der Waals surface area contributed by atoms with Crippen LogP contribution in [0.15, 0.2) is 29.2 Å². The Hall–Kier alpha value is -1.97. The smallest absolute Gasteiger partial charge is 0.241 e. The van der Waals surface area contributed by atoms with E-state index in [0.717, 1.165) is 5.56 Å². The minimum atomic E-state index is -3.60. The Morgan fingerprint density at radius 1 is 1.22 bits per heavy atom. The Morgan fingerprint density at radius 2 is 1.83 bits per heavy atom. The molecule has 1 rings (SSSR count). The van der Waals surface area contributed by atoms with E-state index < -0.39 is 15.9 Å². The van der Waals surface area contributed by atoms with Gasteiger partial charge < -0.3 is 16.0 Å². The largest absolute Gasteiger partial charge is 0.346 e. The van der Waals surface area contributed by atoms with E-state index in [2.05, 4.69) is 10.0 Å². The fraction of sp³-hybridized carbons (Fsp3) is 0.429. The van der Waals surface area contributed by atoms with Gasteiger partial charge in [-0.3, -0.25) is 9.59 Å². The zero-order valence-electron chi connectivity index (χ0n) is 13.2. The molecule has 0 aliphatic carbocycles. The topological polar surface area (TPSA) is 122 Å². The molecule has 23 heavy (non-hydrogen) atoms. The van der Waals surface area contributed by atoms with Crippen molar-refractivity contribution >= 4 is 21.8 Å². The van der Waals surface area contributed by atoms with E-state index in [1.807, 2.05) is 6.92 Å². The van der Waals surface area contributed by atoms with Crippen molar-refractivity contribution in [3.05, 3.63) is 29.8 Å². The number of aryl methyl sites for hydroxylation is 1. The van der Waals surface area contributed by atoms with Crippen LogP contribution in [0.5, 0.6) is 0 Å². The molecule has 0 spiro atoms. The van der Waals surface area contributed by atoms with E-state index in [0.29, 0.717) is 0 Å². The van der Waals surface area contributed by atoms with Crippen LogP contribution in [0.4, 0.5) is 0 Å². The van der Waals surface area contributed by atoms with Gasteiger partial charge in [0.05, 0.1) is 18.0 Å². The number of likely N-dealkylation sites (N-methyl/N-ethyl adjacent to an activating group) is 1. The summed E-state index contributed by atoms with van der Waals surface area (Å²) in [6, 6.07) is 6.47. The molecule has 128 valence electrons. The maximum absolute atomic E-state index is 12.1. The van der Waals surface area contributed by atoms with Crippen molar-refractivity contribution in [1.82, 2.24) is 14.9 Å². The normalized spacial score (nSPS) is 11.1. The lowest BCUT2D eigenvalue weighted by Crippen LogP contribution is -2.42. The molecule has 0 radical (unpaired) electrons. The Kier molecular flexibility index (Phi) is 7.14. The fourth-order valence-corrected chi connectivity index (χ4v) is 2.68. The second-order valence-electron chi connectivity index (χ2n) is 5.01. The van der Waals surface area contributed by atoms with Gasteiger partial charge in [0.15, 0.2) is 0 Å². The molecule has 0 saturated heterocycles. The summed E-state index contributed by atoms with van der Waals surface area (Å²) in [4.78, 5) is 24.2. The molecule has 0 aromatic heterocycles. The van der Waals surface area contributed by atoms with Crippen LogP contribution in [0.1, 0.15) is 5.56 Å². The third-order valence-electron chi connectivity index (χ3n) is 3.12. The molecule has 0 aliphatic rings. The molecule has 1 aromatic carbocycles. The van der Waals surface area contributed by atoms with Gasteiger partial charge in [0.25, 0.3) is 0 Å². The molecule has 0 unspecified atom stereocenters. The third-order valence-corrected chi connectivity index (χ3v) is 4.60. The number of sulfonamides is 1. The SMILES string of the molecule is Cc1ccc(S(=O)(=O)NCCN(C)C(=O)CNC(=O)CN)cc1. The summed E-state index contributed by atoms with van der Waals surface area (Å²) >= 11 is 0. The van der Waals surface area contributed by atoms with E-state index >= 15 is 0 Å². The predicted molar refractivity (Wildman–Crippen MR) is 86.1 cm³/mol. The minimum absolute atomic E-state index is 0.0727. The van der Waals surface area contributed by atoms with Crippen molar-refractivity contribution in [3.8, 4) is 0 Å². The Labute approximate surface area is 136 Å². The molecule has 1 aromatic rings. The molecular weight excluding hydrogens is 320 g/mol. The molecule has 4 N–H and O–H groups in total. The number of hydrogen-bond donors (Lipinski definition) is 3. The third kappa shape index (κ3) is 6.35. The number of carbonyl (C=O) groups excluding carboxylic acids is 2. The molecular formula is C14H22N4O4S. The molecule has 0 aliphatic heterocycles. The number of nitrogens with one attached hydrogen (secondary N) is 2. The first-order chi connectivity index (χ1) is 10.8. The monoisotopic (exact) mass is 342 g/mol. The van der Waals surface area contributed by atoms with Crippen LogP contribution in [0.2, 0.25) is 0 Å². The highest BCUT2D eigenvalue weighted by Gasteiger charge is 2.15. The van der Waals surface area contributed by atoms with Crippen LogP contribution in [-0.2, 0) is 19.6 Å². The summed E-state index contributed by atoms with van der Waals surface area (Å²) in [7, 11) is -2.08. The van der Waals surface area contributed by atoms with Gasteiger partial charge in [0, 0.05) is 20.1 Å². The molecule has 0 heterocycles. The lowest BCUT2D eigenvalue weighted by molar-refractivity contribution is -0.131. The Balaban J connectivity index is 2.44. The van der Waals surface area contributed by atoms with Crippen LogP contribution in [-0.4, -0.2) is 58.4 Å². The quantitative estimate of drug-likeness (QED) is 0.548. The standard InChI is InChI=1S/C14H22N4O4S/c1-11-3-5-12(6-4-11)23(21,22)17-7-8-18(2)14(20)10-16-13(19)9-15/h3-6,17H,7-10,15H2,1-2H3,(H,16,19). The Bertz CT molecular complexity index is 643. The number of rotatable bonds is 8. The molecule has 0 atom stereocenters. The highest BCUT2D eigenvalue weighted by molar-refractivity contribution is 7.89.